The average Bonchev–Trinajstić information content (AvgIpc) is 2.19. The van der Waals surface area contributed by atoms with Gasteiger partial charge in [0.25, 0.3) is 0 Å². The van der Waals surface area contributed by atoms with Crippen molar-refractivity contribution in [3.05, 3.63) is 36.4 Å². The van der Waals surface area contributed by atoms with Gasteiger partial charge in [0.1, 0.15) is 5.75 Å². The Labute approximate surface area is 79.2 Å². The molecule has 1 aromatic carbocycles. The van der Waals surface area contributed by atoms with Gasteiger partial charge in [-0.05, 0) is 31.2 Å². The van der Waals surface area contributed by atoms with Gasteiger partial charge < -0.3 is 10.1 Å². The number of hydrogen-bond donors (Lipinski definition) is 1. The van der Waals surface area contributed by atoms with E-state index in [2.05, 4.69) is 11.4 Å². The van der Waals surface area contributed by atoms with E-state index in [0.717, 1.165) is 18.0 Å². The van der Waals surface area contributed by atoms with Crippen molar-refractivity contribution in [1.82, 2.24) is 0 Å². The van der Waals surface area contributed by atoms with Crippen molar-refractivity contribution in [2.24, 2.45) is 0 Å². The van der Waals surface area contributed by atoms with E-state index in [1.807, 2.05) is 37.3 Å². The molecule has 0 spiro atoms. The molecule has 13 heavy (non-hydrogen) atoms. The molecule has 2 nitrogen and oxygen atoms in total. The summed E-state index contributed by atoms with van der Waals surface area (Å²) in [6.45, 7) is 2.87. The molecular formula is C11H15NO. The van der Waals surface area contributed by atoms with Gasteiger partial charge in [-0.3, -0.25) is 0 Å². The molecule has 0 fully saturated rings. The molecular weight excluding hydrogens is 162 g/mol. The van der Waals surface area contributed by atoms with Crippen LogP contribution in [-0.4, -0.2) is 13.7 Å². The van der Waals surface area contributed by atoms with Gasteiger partial charge in [-0.1, -0.05) is 12.2 Å². The Morgan fingerprint density at radius 2 is 2.00 bits per heavy atom. The number of benzene rings is 1. The molecule has 1 N–H and O–H groups in total. The van der Waals surface area contributed by atoms with Crippen molar-refractivity contribution >= 4 is 5.69 Å². The zero-order chi connectivity index (χ0) is 9.52. The highest BCUT2D eigenvalue weighted by molar-refractivity contribution is 5.46. The first-order valence-electron chi connectivity index (χ1n) is 4.36. The highest BCUT2D eigenvalue weighted by atomic mass is 16.5. The number of rotatable bonds is 4. The van der Waals surface area contributed by atoms with Gasteiger partial charge in [0.2, 0.25) is 0 Å². The maximum absolute atomic E-state index is 5.05. The minimum absolute atomic E-state index is 0.864. The van der Waals surface area contributed by atoms with E-state index in [9.17, 15) is 0 Å². The lowest BCUT2D eigenvalue weighted by atomic mass is 10.3. The van der Waals surface area contributed by atoms with Gasteiger partial charge >= 0.3 is 0 Å². The molecule has 0 aliphatic rings. The summed E-state index contributed by atoms with van der Waals surface area (Å²) in [4.78, 5) is 0. The van der Waals surface area contributed by atoms with Gasteiger partial charge in [-0.25, -0.2) is 0 Å². The van der Waals surface area contributed by atoms with E-state index in [1.165, 1.54) is 0 Å². The Bertz CT molecular complexity index is 264. The van der Waals surface area contributed by atoms with Gasteiger partial charge in [-0.15, -0.1) is 0 Å². The molecule has 0 bridgehead atoms. The Hall–Kier alpha value is -1.44. The molecule has 70 valence electrons. The largest absolute Gasteiger partial charge is 0.497 e. The Morgan fingerprint density at radius 3 is 2.54 bits per heavy atom. The molecule has 0 radical (unpaired) electrons. The van der Waals surface area contributed by atoms with Crippen LogP contribution in [0, 0.1) is 0 Å². The minimum Gasteiger partial charge on any atom is -0.497 e. The first kappa shape index (κ1) is 9.65. The summed E-state index contributed by atoms with van der Waals surface area (Å²) in [5.74, 6) is 0.886. The number of hydrogen-bond acceptors (Lipinski definition) is 2. The number of methoxy groups -OCH3 is 1. The fourth-order valence-electron chi connectivity index (χ4n) is 1.00. The Balaban J connectivity index is 2.49. The number of nitrogens with one attached hydrogen (secondary N) is 1. The number of anilines is 1. The van der Waals surface area contributed by atoms with Crippen LogP contribution in [0.2, 0.25) is 0 Å². The summed E-state index contributed by atoms with van der Waals surface area (Å²) >= 11 is 0. The second-order valence-corrected chi connectivity index (χ2v) is 2.68. The molecule has 0 saturated heterocycles. The van der Waals surface area contributed by atoms with Gasteiger partial charge in [0.15, 0.2) is 0 Å². The maximum Gasteiger partial charge on any atom is 0.119 e. The molecule has 0 amide bonds. The van der Waals surface area contributed by atoms with Crippen molar-refractivity contribution in [3.8, 4) is 5.75 Å². The maximum atomic E-state index is 5.05. The van der Waals surface area contributed by atoms with Crippen LogP contribution in [0.3, 0.4) is 0 Å². The van der Waals surface area contributed by atoms with E-state index in [-0.39, 0.29) is 0 Å². The van der Waals surface area contributed by atoms with Crippen LogP contribution in [0.5, 0.6) is 5.75 Å². The van der Waals surface area contributed by atoms with E-state index in [1.54, 1.807) is 7.11 Å². The Morgan fingerprint density at radius 1 is 1.31 bits per heavy atom. The monoisotopic (exact) mass is 177 g/mol. The molecule has 0 aromatic heterocycles. The second kappa shape index (κ2) is 5.25. The van der Waals surface area contributed by atoms with Crippen LogP contribution < -0.4 is 10.1 Å². The third kappa shape index (κ3) is 3.20. The van der Waals surface area contributed by atoms with E-state index >= 15 is 0 Å². The quantitative estimate of drug-likeness (QED) is 0.714. The molecule has 0 aliphatic carbocycles. The normalized spacial score (nSPS) is 10.3. The summed E-state index contributed by atoms with van der Waals surface area (Å²) in [7, 11) is 1.67. The van der Waals surface area contributed by atoms with Crippen molar-refractivity contribution in [2.45, 2.75) is 6.92 Å². The molecule has 0 aliphatic heterocycles. The third-order valence-corrected chi connectivity index (χ3v) is 1.75. The lowest BCUT2D eigenvalue weighted by molar-refractivity contribution is 0.415. The van der Waals surface area contributed by atoms with Crippen molar-refractivity contribution < 1.29 is 4.74 Å². The first-order valence-corrected chi connectivity index (χ1v) is 4.36. The van der Waals surface area contributed by atoms with Crippen LogP contribution in [0.1, 0.15) is 6.92 Å². The molecule has 1 aromatic rings. The zero-order valence-corrected chi connectivity index (χ0v) is 8.08. The first-order chi connectivity index (χ1) is 6.36. The fourth-order valence-corrected chi connectivity index (χ4v) is 1.00. The molecule has 1 rings (SSSR count). The van der Waals surface area contributed by atoms with Crippen LogP contribution in [-0.2, 0) is 0 Å². The lowest BCUT2D eigenvalue weighted by Gasteiger charge is -2.04. The summed E-state index contributed by atoms with van der Waals surface area (Å²) in [5.41, 5.74) is 1.11. The topological polar surface area (TPSA) is 21.3 Å². The highest BCUT2D eigenvalue weighted by Gasteiger charge is 1.90. The van der Waals surface area contributed by atoms with Crippen LogP contribution in [0.25, 0.3) is 0 Å². The third-order valence-electron chi connectivity index (χ3n) is 1.75. The predicted molar refractivity (Wildman–Crippen MR) is 56.3 cm³/mol. The number of allylic oxidation sites excluding steroid dienone is 1. The van der Waals surface area contributed by atoms with E-state index in [0.29, 0.717) is 0 Å². The minimum atomic E-state index is 0.864. The second-order valence-electron chi connectivity index (χ2n) is 2.68. The SMILES string of the molecule is C/C=C\CNc1ccc(OC)cc1. The van der Waals surface area contributed by atoms with Gasteiger partial charge in [0.05, 0.1) is 7.11 Å². The molecule has 0 atom stereocenters. The summed E-state index contributed by atoms with van der Waals surface area (Å²) in [6, 6.07) is 7.89. The number of ether oxygens (including phenoxy) is 1. The summed E-state index contributed by atoms with van der Waals surface area (Å²) < 4.78 is 5.05. The zero-order valence-electron chi connectivity index (χ0n) is 8.08. The summed E-state index contributed by atoms with van der Waals surface area (Å²) in [6.07, 6.45) is 4.10. The van der Waals surface area contributed by atoms with Crippen molar-refractivity contribution in [2.75, 3.05) is 19.0 Å². The predicted octanol–water partition coefficient (Wildman–Crippen LogP) is 2.68. The van der Waals surface area contributed by atoms with Gasteiger partial charge in [0, 0.05) is 12.2 Å². The highest BCUT2D eigenvalue weighted by Crippen LogP contribution is 2.14. The lowest BCUT2D eigenvalue weighted by Crippen LogP contribution is -1.97. The standard InChI is InChI=1S/C11H15NO/c1-3-4-9-12-10-5-7-11(13-2)8-6-10/h3-8,12H,9H2,1-2H3/b4-3-. The smallest absolute Gasteiger partial charge is 0.119 e. The average molecular weight is 177 g/mol. The van der Waals surface area contributed by atoms with Crippen molar-refractivity contribution in [1.29, 1.82) is 0 Å². The van der Waals surface area contributed by atoms with Crippen molar-refractivity contribution in [3.63, 3.8) is 0 Å². The Kier molecular flexibility index (Phi) is 3.89. The van der Waals surface area contributed by atoms with Crippen LogP contribution >= 0.6 is 0 Å². The van der Waals surface area contributed by atoms with E-state index < -0.39 is 0 Å². The molecule has 2 heteroatoms. The molecule has 0 saturated carbocycles. The van der Waals surface area contributed by atoms with E-state index in [4.69, 9.17) is 4.74 Å². The van der Waals surface area contributed by atoms with Crippen LogP contribution in [0.4, 0.5) is 5.69 Å². The van der Waals surface area contributed by atoms with Gasteiger partial charge in [-0.2, -0.15) is 0 Å². The molecule has 0 unspecified atom stereocenters. The molecule has 0 heterocycles. The fraction of sp³-hybridized carbons (Fsp3) is 0.273. The summed E-state index contributed by atoms with van der Waals surface area (Å²) in [5, 5.41) is 3.25. The van der Waals surface area contributed by atoms with Crippen LogP contribution in [0.15, 0.2) is 36.4 Å².